The van der Waals surface area contributed by atoms with Crippen LogP contribution in [0.1, 0.15) is 78.1 Å². The number of hydrogen-bond donors (Lipinski definition) is 2. The monoisotopic (exact) mass is 563 g/mol. The van der Waals surface area contributed by atoms with E-state index in [9.17, 15) is 19.2 Å². The van der Waals surface area contributed by atoms with Gasteiger partial charge in [0.05, 0.1) is 25.2 Å². The van der Waals surface area contributed by atoms with Crippen molar-refractivity contribution in [1.82, 2.24) is 9.80 Å². The summed E-state index contributed by atoms with van der Waals surface area (Å²) >= 11 is 0. The van der Waals surface area contributed by atoms with Gasteiger partial charge in [-0.3, -0.25) is 9.59 Å². The lowest BCUT2D eigenvalue weighted by molar-refractivity contribution is -0.147. The molecule has 0 aromatic carbocycles. The highest BCUT2D eigenvalue weighted by Crippen LogP contribution is 2.44. The third kappa shape index (κ3) is 8.22. The van der Waals surface area contributed by atoms with Crippen molar-refractivity contribution < 1.29 is 38.5 Å². The number of carbonyl (C=O) groups is 4. The summed E-state index contributed by atoms with van der Waals surface area (Å²) in [7, 11) is 1.34. The van der Waals surface area contributed by atoms with Crippen molar-refractivity contribution in [3.63, 3.8) is 0 Å². The number of hydrogen-bond acceptors (Lipinski definition) is 9. The minimum absolute atomic E-state index is 0.0260. The average Bonchev–Trinajstić information content (AvgIpc) is 3.38. The zero-order valence-corrected chi connectivity index (χ0v) is 24.0. The molecule has 1 aliphatic carbocycles. The van der Waals surface area contributed by atoms with E-state index in [1.807, 2.05) is 24.9 Å². The van der Waals surface area contributed by atoms with Crippen molar-refractivity contribution in [2.75, 3.05) is 26.8 Å². The average molecular weight is 564 g/mol. The van der Waals surface area contributed by atoms with E-state index in [0.29, 0.717) is 57.2 Å². The number of ether oxygens (including phenoxy) is 3. The predicted molar refractivity (Wildman–Crippen MR) is 147 cm³/mol. The second-order valence-electron chi connectivity index (χ2n) is 11.0. The molecule has 0 aromatic heterocycles. The number of carboxylic acids is 1. The first-order valence-electron chi connectivity index (χ1n) is 14.6. The number of esters is 2. The number of rotatable bonds is 13. The molecule has 11 nitrogen and oxygen atoms in total. The highest BCUT2D eigenvalue weighted by molar-refractivity contribution is 5.91. The van der Waals surface area contributed by atoms with Crippen LogP contribution in [-0.4, -0.2) is 83.9 Å². The van der Waals surface area contributed by atoms with Crippen LogP contribution in [0.4, 0.5) is 4.79 Å². The summed E-state index contributed by atoms with van der Waals surface area (Å²) < 4.78 is 16.3. The largest absolute Gasteiger partial charge is 0.480 e. The third-order valence-corrected chi connectivity index (χ3v) is 8.18. The smallest absolute Gasteiger partial charge is 0.410 e. The fourth-order valence-corrected chi connectivity index (χ4v) is 5.66. The first-order chi connectivity index (χ1) is 19.2. The molecule has 1 saturated carbocycles. The number of aliphatic carboxylic acids is 1. The number of likely N-dealkylation sites (tertiary alicyclic amines) is 1. The summed E-state index contributed by atoms with van der Waals surface area (Å²) in [4.78, 5) is 53.0. The molecule has 2 heterocycles. The maximum atomic E-state index is 13.2. The highest BCUT2D eigenvalue weighted by Gasteiger charge is 2.42. The summed E-state index contributed by atoms with van der Waals surface area (Å²) in [5.74, 6) is -2.43. The summed E-state index contributed by atoms with van der Waals surface area (Å²) in [6, 6.07) is -0.924. The summed E-state index contributed by atoms with van der Waals surface area (Å²) in [5.41, 5.74) is 6.95. The van der Waals surface area contributed by atoms with Crippen LogP contribution in [-0.2, 0) is 28.6 Å². The second-order valence-corrected chi connectivity index (χ2v) is 11.0. The van der Waals surface area contributed by atoms with Gasteiger partial charge in [0.25, 0.3) is 0 Å². The number of methoxy groups -OCH3 is 1. The van der Waals surface area contributed by atoms with E-state index >= 15 is 0 Å². The molecule has 224 valence electrons. The van der Waals surface area contributed by atoms with Gasteiger partial charge >= 0.3 is 24.0 Å². The number of piperidine rings is 1. The Morgan fingerprint density at radius 1 is 1.12 bits per heavy atom. The van der Waals surface area contributed by atoms with Crippen molar-refractivity contribution in [3.8, 4) is 0 Å². The van der Waals surface area contributed by atoms with Gasteiger partial charge in [-0.1, -0.05) is 6.92 Å². The molecule has 2 fully saturated rings. The summed E-state index contributed by atoms with van der Waals surface area (Å²) in [5, 5.41) is 8.98. The predicted octanol–water partition coefficient (Wildman–Crippen LogP) is 3.57. The molecule has 0 spiro atoms. The number of carboxylic acid groups (broad SMARTS) is 1. The van der Waals surface area contributed by atoms with E-state index < -0.39 is 23.9 Å². The lowest BCUT2D eigenvalue weighted by atomic mass is 9.89. The molecule has 1 amide bonds. The van der Waals surface area contributed by atoms with Crippen molar-refractivity contribution in [1.29, 1.82) is 0 Å². The minimum atomic E-state index is -1.02. The van der Waals surface area contributed by atoms with Gasteiger partial charge < -0.3 is 34.9 Å². The van der Waals surface area contributed by atoms with Crippen molar-refractivity contribution in [2.45, 2.75) is 96.2 Å². The van der Waals surface area contributed by atoms with Crippen LogP contribution in [0.5, 0.6) is 0 Å². The van der Waals surface area contributed by atoms with Gasteiger partial charge in [-0.15, -0.1) is 0 Å². The van der Waals surface area contributed by atoms with E-state index in [-0.39, 0.29) is 36.7 Å². The quantitative estimate of drug-likeness (QED) is 0.193. The molecule has 0 radical (unpaired) electrons. The van der Waals surface area contributed by atoms with Gasteiger partial charge in [0.15, 0.2) is 0 Å². The van der Waals surface area contributed by atoms with Gasteiger partial charge in [0, 0.05) is 43.9 Å². The SMILES string of the molecule is CCC(C)OC(=O)N1CCCCC1CCOC(=O)C1CCC2C(C(=O)OC)=CN(CCCC[C@H](N)C(=O)O)C=C12. The topological polar surface area (TPSA) is 149 Å². The fourth-order valence-electron chi connectivity index (χ4n) is 5.66. The Morgan fingerprint density at radius 3 is 2.60 bits per heavy atom. The summed E-state index contributed by atoms with van der Waals surface area (Å²) in [6.07, 6.45) is 10.2. The summed E-state index contributed by atoms with van der Waals surface area (Å²) in [6.45, 7) is 5.26. The Bertz CT molecular complexity index is 980. The van der Waals surface area contributed by atoms with Crippen molar-refractivity contribution in [3.05, 3.63) is 23.5 Å². The van der Waals surface area contributed by atoms with E-state index in [2.05, 4.69) is 0 Å². The lowest BCUT2D eigenvalue weighted by Crippen LogP contribution is -2.45. The van der Waals surface area contributed by atoms with Gasteiger partial charge in [0.2, 0.25) is 0 Å². The number of nitrogens with zero attached hydrogens (tertiary/aromatic N) is 2. The number of amides is 1. The molecular formula is C29H45N3O8. The molecule has 3 N–H and O–H groups in total. The van der Waals surface area contributed by atoms with Gasteiger partial charge in [-0.2, -0.15) is 0 Å². The maximum absolute atomic E-state index is 13.2. The van der Waals surface area contributed by atoms with Crippen LogP contribution in [0, 0.1) is 11.8 Å². The standard InChI is InChI=1S/C29H45N3O8/c1-4-19(2)40-29(37)32-15-8-5-9-20(32)13-16-39-28(36)22-12-11-21-23(22)17-31(18-24(21)27(35)38-3)14-7-6-10-25(30)26(33)34/h17-22,25H,4-16,30H2,1-3H3,(H,33,34)/t19?,20?,21?,22?,25-/m0/s1. The molecule has 2 aliphatic heterocycles. The van der Waals surface area contributed by atoms with E-state index in [1.165, 1.54) is 7.11 Å². The number of unbranched alkanes of at least 4 members (excludes halogenated alkanes) is 1. The fraction of sp³-hybridized carbons (Fsp3) is 0.724. The Hall–Kier alpha value is -3.08. The molecule has 5 atom stereocenters. The van der Waals surface area contributed by atoms with Crippen LogP contribution in [0.3, 0.4) is 0 Å². The molecule has 4 unspecified atom stereocenters. The Morgan fingerprint density at radius 2 is 1.90 bits per heavy atom. The number of fused-ring (bicyclic) bond motifs is 1. The molecular weight excluding hydrogens is 518 g/mol. The number of nitrogens with two attached hydrogens (primary N) is 1. The highest BCUT2D eigenvalue weighted by atomic mass is 16.6. The van der Waals surface area contributed by atoms with Gasteiger partial charge in [0.1, 0.15) is 12.1 Å². The van der Waals surface area contributed by atoms with E-state index in [0.717, 1.165) is 31.3 Å². The second kappa shape index (κ2) is 15.1. The zero-order valence-electron chi connectivity index (χ0n) is 24.0. The Balaban J connectivity index is 1.58. The molecule has 3 rings (SSSR count). The Labute approximate surface area is 236 Å². The molecule has 1 saturated heterocycles. The first-order valence-corrected chi connectivity index (χ1v) is 14.6. The van der Waals surface area contributed by atoms with E-state index in [1.54, 1.807) is 11.1 Å². The van der Waals surface area contributed by atoms with Crippen LogP contribution < -0.4 is 5.73 Å². The van der Waals surface area contributed by atoms with Gasteiger partial charge in [-0.25, -0.2) is 9.59 Å². The molecule has 0 bridgehead atoms. The van der Waals surface area contributed by atoms with Crippen molar-refractivity contribution >= 4 is 24.0 Å². The Kier molecular flexibility index (Phi) is 11.8. The van der Waals surface area contributed by atoms with Gasteiger partial charge in [-0.05, 0) is 70.3 Å². The maximum Gasteiger partial charge on any atom is 0.410 e. The van der Waals surface area contributed by atoms with E-state index in [4.69, 9.17) is 25.1 Å². The third-order valence-electron chi connectivity index (χ3n) is 8.18. The minimum Gasteiger partial charge on any atom is -0.480 e. The zero-order chi connectivity index (χ0) is 29.2. The lowest BCUT2D eigenvalue weighted by Gasteiger charge is -2.35. The molecule has 40 heavy (non-hydrogen) atoms. The van der Waals surface area contributed by atoms with Crippen LogP contribution >= 0.6 is 0 Å². The molecule has 3 aliphatic rings. The molecule has 0 aromatic rings. The molecule has 11 heteroatoms. The number of carbonyl (C=O) groups excluding carboxylic acids is 3. The van der Waals surface area contributed by atoms with Crippen LogP contribution in [0.25, 0.3) is 0 Å². The van der Waals surface area contributed by atoms with Crippen molar-refractivity contribution in [2.24, 2.45) is 17.6 Å². The normalized spacial score (nSPS) is 23.9. The van der Waals surface area contributed by atoms with Crippen LogP contribution in [0.15, 0.2) is 23.5 Å². The van der Waals surface area contributed by atoms with Crippen LogP contribution in [0.2, 0.25) is 0 Å². The first kappa shape index (κ1) is 31.4.